The van der Waals surface area contributed by atoms with Crippen LogP contribution in [0.4, 0.5) is 4.79 Å². The molecule has 0 saturated carbocycles. The maximum atomic E-state index is 12.2. The maximum Gasteiger partial charge on any atom is 0.315 e. The predicted molar refractivity (Wildman–Crippen MR) is 93.7 cm³/mol. The van der Waals surface area contributed by atoms with E-state index in [0.29, 0.717) is 23.9 Å². The lowest BCUT2D eigenvalue weighted by atomic mass is 10.1. The van der Waals surface area contributed by atoms with Crippen LogP contribution in [-0.4, -0.2) is 34.5 Å². The van der Waals surface area contributed by atoms with E-state index in [1.165, 1.54) is 0 Å². The fourth-order valence-electron chi connectivity index (χ4n) is 2.50. The van der Waals surface area contributed by atoms with Gasteiger partial charge in [0.2, 0.25) is 0 Å². The first kappa shape index (κ1) is 18.6. The number of rotatable bonds is 7. The van der Waals surface area contributed by atoms with Crippen molar-refractivity contribution in [2.45, 2.75) is 32.9 Å². The van der Waals surface area contributed by atoms with Crippen LogP contribution in [0.25, 0.3) is 0 Å². The van der Waals surface area contributed by atoms with Crippen molar-refractivity contribution in [3.63, 3.8) is 0 Å². The highest BCUT2D eigenvalue weighted by molar-refractivity contribution is 5.74. The molecule has 8 nitrogen and oxygen atoms in total. The van der Waals surface area contributed by atoms with Crippen molar-refractivity contribution in [1.82, 2.24) is 25.4 Å². The molecule has 8 heteroatoms. The molecule has 2 atom stereocenters. The molecule has 0 aliphatic rings. The van der Waals surface area contributed by atoms with Crippen LogP contribution < -0.4 is 20.1 Å². The normalized spacial score (nSPS) is 13.0. The van der Waals surface area contributed by atoms with Crippen molar-refractivity contribution in [2.75, 3.05) is 13.7 Å². The number of ether oxygens (including phenoxy) is 2. The van der Waals surface area contributed by atoms with E-state index in [4.69, 9.17) is 9.47 Å². The summed E-state index contributed by atoms with van der Waals surface area (Å²) in [6, 6.07) is 4.88. The molecule has 0 fully saturated rings. The number of hydrogen-bond acceptors (Lipinski definition) is 5. The van der Waals surface area contributed by atoms with Gasteiger partial charge in [-0.3, -0.25) is 0 Å². The van der Waals surface area contributed by atoms with E-state index in [-0.39, 0.29) is 18.1 Å². The van der Waals surface area contributed by atoms with Crippen molar-refractivity contribution in [1.29, 1.82) is 0 Å². The van der Waals surface area contributed by atoms with Gasteiger partial charge in [0.1, 0.15) is 6.33 Å². The fourth-order valence-corrected chi connectivity index (χ4v) is 2.50. The minimum Gasteiger partial charge on any atom is -0.493 e. The Hall–Kier alpha value is -2.77. The third-order valence-electron chi connectivity index (χ3n) is 3.82. The summed E-state index contributed by atoms with van der Waals surface area (Å²) >= 11 is 0. The Bertz CT molecular complexity index is 716. The van der Waals surface area contributed by atoms with E-state index in [9.17, 15) is 4.79 Å². The van der Waals surface area contributed by atoms with Gasteiger partial charge in [-0.2, -0.15) is 0 Å². The van der Waals surface area contributed by atoms with Crippen LogP contribution >= 0.6 is 0 Å². The summed E-state index contributed by atoms with van der Waals surface area (Å²) in [6.07, 6.45) is 1.60. The first-order chi connectivity index (χ1) is 12.0. The lowest BCUT2D eigenvalue weighted by Crippen LogP contribution is -2.39. The molecule has 25 heavy (non-hydrogen) atoms. The van der Waals surface area contributed by atoms with Gasteiger partial charge in [0, 0.05) is 7.05 Å². The summed E-state index contributed by atoms with van der Waals surface area (Å²) < 4.78 is 12.6. The van der Waals surface area contributed by atoms with E-state index < -0.39 is 0 Å². The Balaban J connectivity index is 2.00. The Morgan fingerprint density at radius 1 is 1.24 bits per heavy atom. The van der Waals surface area contributed by atoms with Gasteiger partial charge in [-0.05, 0) is 38.5 Å². The van der Waals surface area contributed by atoms with Crippen molar-refractivity contribution >= 4 is 6.03 Å². The molecule has 2 rings (SSSR count). The Kier molecular flexibility index (Phi) is 6.21. The molecule has 0 bridgehead atoms. The minimum absolute atomic E-state index is 0.198. The molecule has 1 aromatic carbocycles. The SMILES string of the molecule is CCOc1ccc([C@H](C)NC(=O)N[C@@H](C)c2nncn2C)cc1OC. The van der Waals surface area contributed by atoms with Gasteiger partial charge in [-0.1, -0.05) is 6.07 Å². The van der Waals surface area contributed by atoms with Gasteiger partial charge >= 0.3 is 6.03 Å². The summed E-state index contributed by atoms with van der Waals surface area (Å²) in [7, 11) is 3.43. The molecule has 0 unspecified atom stereocenters. The van der Waals surface area contributed by atoms with Crippen LogP contribution in [-0.2, 0) is 7.05 Å². The van der Waals surface area contributed by atoms with Gasteiger partial charge in [-0.25, -0.2) is 4.79 Å². The molecule has 1 heterocycles. The van der Waals surface area contributed by atoms with Gasteiger partial charge < -0.3 is 24.7 Å². The molecule has 0 spiro atoms. The first-order valence-corrected chi connectivity index (χ1v) is 8.17. The number of amides is 2. The largest absolute Gasteiger partial charge is 0.493 e. The second-order valence-electron chi connectivity index (χ2n) is 5.70. The van der Waals surface area contributed by atoms with E-state index >= 15 is 0 Å². The molecule has 1 aromatic heterocycles. The van der Waals surface area contributed by atoms with Crippen LogP contribution in [0.3, 0.4) is 0 Å². The molecule has 0 aliphatic heterocycles. The second-order valence-corrected chi connectivity index (χ2v) is 5.70. The summed E-state index contributed by atoms with van der Waals surface area (Å²) in [4.78, 5) is 12.2. The first-order valence-electron chi connectivity index (χ1n) is 8.17. The Morgan fingerprint density at radius 3 is 2.56 bits per heavy atom. The third-order valence-corrected chi connectivity index (χ3v) is 3.82. The Morgan fingerprint density at radius 2 is 1.96 bits per heavy atom. The number of aryl methyl sites for hydroxylation is 1. The van der Waals surface area contributed by atoms with Gasteiger partial charge in [0.25, 0.3) is 0 Å². The molecular weight excluding hydrogens is 322 g/mol. The topological polar surface area (TPSA) is 90.3 Å². The summed E-state index contributed by atoms with van der Waals surface area (Å²) in [5.41, 5.74) is 0.918. The predicted octanol–water partition coefficient (Wildman–Crippen LogP) is 2.34. The van der Waals surface area contributed by atoms with Crippen LogP contribution in [0.5, 0.6) is 11.5 Å². The number of carbonyl (C=O) groups is 1. The van der Waals surface area contributed by atoms with Crippen LogP contribution in [0.15, 0.2) is 24.5 Å². The fraction of sp³-hybridized carbons (Fsp3) is 0.471. The highest BCUT2D eigenvalue weighted by Crippen LogP contribution is 2.30. The van der Waals surface area contributed by atoms with Crippen LogP contribution in [0.1, 0.15) is 44.2 Å². The van der Waals surface area contributed by atoms with Gasteiger partial charge in [0.15, 0.2) is 17.3 Å². The summed E-state index contributed by atoms with van der Waals surface area (Å²) in [5.74, 6) is 2.01. The molecule has 0 aliphatic carbocycles. The molecule has 2 aromatic rings. The third kappa shape index (κ3) is 4.62. The summed E-state index contributed by atoms with van der Waals surface area (Å²) in [5, 5.41) is 13.6. The molecule has 2 amide bonds. The Labute approximate surface area is 147 Å². The number of urea groups is 1. The van der Waals surface area contributed by atoms with Gasteiger partial charge in [-0.15, -0.1) is 10.2 Å². The maximum absolute atomic E-state index is 12.2. The lowest BCUT2D eigenvalue weighted by molar-refractivity contribution is 0.234. The standard InChI is InChI=1S/C17H25N5O3/c1-6-25-14-8-7-13(9-15(14)24-5)11(2)19-17(23)20-12(3)16-21-18-10-22(16)4/h7-12H,6H2,1-5H3,(H2,19,20,23)/t11-,12-/m0/s1. The minimum atomic E-state index is -0.282. The average molecular weight is 347 g/mol. The van der Waals surface area contributed by atoms with E-state index in [2.05, 4.69) is 20.8 Å². The van der Waals surface area contributed by atoms with Gasteiger partial charge in [0.05, 0.1) is 25.8 Å². The van der Waals surface area contributed by atoms with Crippen molar-refractivity contribution in [3.8, 4) is 11.5 Å². The van der Waals surface area contributed by atoms with E-state index in [0.717, 1.165) is 5.56 Å². The quantitative estimate of drug-likeness (QED) is 0.802. The highest BCUT2D eigenvalue weighted by atomic mass is 16.5. The zero-order valence-electron chi connectivity index (χ0n) is 15.2. The molecule has 2 N–H and O–H groups in total. The zero-order valence-corrected chi connectivity index (χ0v) is 15.2. The molecular formula is C17H25N5O3. The molecule has 0 saturated heterocycles. The monoisotopic (exact) mass is 347 g/mol. The number of aromatic nitrogens is 3. The second kappa shape index (κ2) is 8.36. The molecule has 0 radical (unpaired) electrons. The van der Waals surface area contributed by atoms with Crippen LogP contribution in [0.2, 0.25) is 0 Å². The van der Waals surface area contributed by atoms with E-state index in [1.807, 2.05) is 46.0 Å². The molecule has 136 valence electrons. The number of carbonyl (C=O) groups excluding carboxylic acids is 1. The number of methoxy groups -OCH3 is 1. The number of nitrogens with one attached hydrogen (secondary N) is 2. The number of hydrogen-bond donors (Lipinski definition) is 2. The average Bonchev–Trinajstić information content (AvgIpc) is 3.01. The van der Waals surface area contributed by atoms with Crippen LogP contribution in [0, 0.1) is 0 Å². The number of benzene rings is 1. The smallest absolute Gasteiger partial charge is 0.315 e. The lowest BCUT2D eigenvalue weighted by Gasteiger charge is -2.19. The van der Waals surface area contributed by atoms with Crippen molar-refractivity contribution < 1.29 is 14.3 Å². The number of nitrogens with zero attached hydrogens (tertiary/aromatic N) is 3. The highest BCUT2D eigenvalue weighted by Gasteiger charge is 2.17. The zero-order chi connectivity index (χ0) is 18.4. The van der Waals surface area contributed by atoms with Crippen molar-refractivity contribution in [2.24, 2.45) is 7.05 Å². The van der Waals surface area contributed by atoms with Crippen molar-refractivity contribution in [3.05, 3.63) is 35.9 Å². The summed E-state index contributed by atoms with van der Waals surface area (Å²) in [6.45, 7) is 6.24. The van der Waals surface area contributed by atoms with E-state index in [1.54, 1.807) is 18.0 Å².